The van der Waals surface area contributed by atoms with E-state index in [0.717, 1.165) is 22.3 Å². The quantitative estimate of drug-likeness (QED) is 0.567. The normalized spacial score (nSPS) is 13.5. The largest absolute Gasteiger partial charge is 0.480 e. The number of carboxylic acid groups (broad SMARTS) is 1. The van der Waals surface area contributed by atoms with Crippen LogP contribution in [0.1, 0.15) is 51.2 Å². The van der Waals surface area contributed by atoms with Crippen molar-refractivity contribution in [3.8, 4) is 11.1 Å². The zero-order valence-corrected chi connectivity index (χ0v) is 20.3. The van der Waals surface area contributed by atoms with Crippen LogP contribution in [0.5, 0.6) is 0 Å². The number of carboxylic acids is 1. The number of nitrogens with one attached hydrogen (secondary N) is 1. The molecule has 1 aliphatic carbocycles. The molecule has 7 heteroatoms. The van der Waals surface area contributed by atoms with E-state index in [2.05, 4.69) is 29.6 Å². The highest BCUT2D eigenvalue weighted by Gasteiger charge is 2.30. The Kier molecular flexibility index (Phi) is 7.97. The molecule has 1 unspecified atom stereocenters. The van der Waals surface area contributed by atoms with E-state index < -0.39 is 18.0 Å². The lowest BCUT2D eigenvalue weighted by Crippen LogP contribution is -2.46. The van der Waals surface area contributed by atoms with Crippen molar-refractivity contribution in [3.63, 3.8) is 0 Å². The van der Waals surface area contributed by atoms with Crippen molar-refractivity contribution in [2.45, 2.75) is 40.0 Å². The van der Waals surface area contributed by atoms with Crippen LogP contribution in [0.25, 0.3) is 11.1 Å². The molecule has 2 N–H and O–H groups in total. The second kappa shape index (κ2) is 10.7. The standard InChI is InChI=1S/C27H34N2O5/c1-5-18(25(32)29(15-24(30)31)17-27(2,3)4)14-28-26(33)34-16-23-21-12-8-6-10-19(21)20-11-7-9-13-22(20)23/h6-13,18,23H,5,14-17H2,1-4H3,(H,28,33)(H,30,31). The summed E-state index contributed by atoms with van der Waals surface area (Å²) < 4.78 is 5.55. The number of hydrogen-bond acceptors (Lipinski definition) is 4. The van der Waals surface area contributed by atoms with E-state index in [-0.39, 0.29) is 36.9 Å². The molecule has 2 aromatic carbocycles. The summed E-state index contributed by atoms with van der Waals surface area (Å²) in [4.78, 5) is 38.1. The predicted molar refractivity (Wildman–Crippen MR) is 131 cm³/mol. The molecular formula is C27H34N2O5. The fourth-order valence-corrected chi connectivity index (χ4v) is 4.47. The Morgan fingerprint density at radius 2 is 1.59 bits per heavy atom. The van der Waals surface area contributed by atoms with Crippen LogP contribution in [-0.4, -0.2) is 54.2 Å². The van der Waals surface area contributed by atoms with Crippen LogP contribution in [0.2, 0.25) is 0 Å². The van der Waals surface area contributed by atoms with Crippen LogP contribution in [0.4, 0.5) is 4.79 Å². The second-order valence-corrected chi connectivity index (χ2v) is 9.96. The SMILES string of the molecule is CCC(CNC(=O)OCC1c2ccccc2-c2ccccc21)C(=O)N(CC(=O)O)CC(C)(C)C. The highest BCUT2D eigenvalue weighted by molar-refractivity contribution is 5.84. The Morgan fingerprint density at radius 3 is 2.09 bits per heavy atom. The number of aliphatic carboxylic acids is 1. The van der Waals surface area contributed by atoms with Gasteiger partial charge in [0, 0.05) is 19.0 Å². The first kappa shape index (κ1) is 25.3. The number of alkyl carbamates (subject to hydrolysis) is 1. The van der Waals surface area contributed by atoms with E-state index in [1.54, 1.807) is 0 Å². The van der Waals surface area contributed by atoms with Crippen molar-refractivity contribution in [1.82, 2.24) is 10.2 Å². The van der Waals surface area contributed by atoms with Crippen molar-refractivity contribution in [2.24, 2.45) is 11.3 Å². The van der Waals surface area contributed by atoms with Crippen LogP contribution >= 0.6 is 0 Å². The Balaban J connectivity index is 1.59. The lowest BCUT2D eigenvalue weighted by atomic mass is 9.94. The molecular weight excluding hydrogens is 432 g/mol. The molecule has 0 bridgehead atoms. The van der Waals surface area contributed by atoms with Crippen LogP contribution in [0.15, 0.2) is 48.5 Å². The van der Waals surface area contributed by atoms with Crippen molar-refractivity contribution >= 4 is 18.0 Å². The molecule has 0 fully saturated rings. The predicted octanol–water partition coefficient (Wildman–Crippen LogP) is 4.51. The Morgan fingerprint density at radius 1 is 1.03 bits per heavy atom. The maximum absolute atomic E-state index is 13.0. The van der Waals surface area contributed by atoms with E-state index >= 15 is 0 Å². The van der Waals surface area contributed by atoms with Crippen molar-refractivity contribution in [2.75, 3.05) is 26.2 Å². The maximum Gasteiger partial charge on any atom is 0.407 e. The van der Waals surface area contributed by atoms with Gasteiger partial charge in [-0.05, 0) is 34.1 Å². The summed E-state index contributed by atoms with van der Waals surface area (Å²) in [7, 11) is 0. The minimum Gasteiger partial charge on any atom is -0.480 e. The van der Waals surface area contributed by atoms with Crippen LogP contribution < -0.4 is 5.32 Å². The summed E-state index contributed by atoms with van der Waals surface area (Å²) in [6.07, 6.45) is -0.114. The average molecular weight is 467 g/mol. The number of rotatable bonds is 9. The zero-order valence-electron chi connectivity index (χ0n) is 20.3. The molecule has 3 rings (SSSR count). The number of nitrogens with zero attached hydrogens (tertiary/aromatic N) is 1. The minimum atomic E-state index is -1.06. The molecule has 0 saturated carbocycles. The third-order valence-corrected chi connectivity index (χ3v) is 5.98. The number of amides is 2. The van der Waals surface area contributed by atoms with Gasteiger partial charge < -0.3 is 20.1 Å². The average Bonchev–Trinajstić information content (AvgIpc) is 3.10. The Labute approximate surface area is 201 Å². The van der Waals surface area contributed by atoms with Gasteiger partial charge in [-0.2, -0.15) is 0 Å². The molecule has 7 nitrogen and oxygen atoms in total. The number of fused-ring (bicyclic) bond motifs is 3. The molecule has 0 saturated heterocycles. The van der Waals surface area contributed by atoms with E-state index in [9.17, 15) is 19.5 Å². The highest BCUT2D eigenvalue weighted by atomic mass is 16.5. The first-order valence-electron chi connectivity index (χ1n) is 11.7. The van der Waals surface area contributed by atoms with Crippen molar-refractivity contribution in [3.05, 3.63) is 59.7 Å². The van der Waals surface area contributed by atoms with Crippen LogP contribution in [0, 0.1) is 11.3 Å². The molecule has 0 radical (unpaired) electrons. The minimum absolute atomic E-state index is 0.0420. The van der Waals surface area contributed by atoms with Gasteiger partial charge in [0.25, 0.3) is 0 Å². The Hall–Kier alpha value is -3.35. The summed E-state index contributed by atoms with van der Waals surface area (Å²) in [6, 6.07) is 16.2. The van der Waals surface area contributed by atoms with Gasteiger partial charge in [0.05, 0.1) is 5.92 Å². The molecule has 0 aromatic heterocycles. The Bertz CT molecular complexity index is 998. The smallest absolute Gasteiger partial charge is 0.407 e. The van der Waals surface area contributed by atoms with Gasteiger partial charge in [0.2, 0.25) is 5.91 Å². The van der Waals surface area contributed by atoms with Gasteiger partial charge in [-0.3, -0.25) is 9.59 Å². The third kappa shape index (κ3) is 6.16. The molecule has 0 aliphatic heterocycles. The molecule has 182 valence electrons. The topological polar surface area (TPSA) is 95.9 Å². The first-order valence-corrected chi connectivity index (χ1v) is 11.7. The number of benzene rings is 2. The third-order valence-electron chi connectivity index (χ3n) is 5.98. The molecule has 2 aromatic rings. The van der Waals surface area contributed by atoms with Gasteiger partial charge in [-0.25, -0.2) is 4.79 Å². The summed E-state index contributed by atoms with van der Waals surface area (Å²) in [5.74, 6) is -1.91. The molecule has 0 heterocycles. The summed E-state index contributed by atoms with van der Waals surface area (Å²) in [6.45, 7) is 7.93. The second-order valence-electron chi connectivity index (χ2n) is 9.96. The van der Waals surface area contributed by atoms with Gasteiger partial charge in [0.15, 0.2) is 0 Å². The lowest BCUT2D eigenvalue weighted by molar-refractivity contribution is -0.147. The fourth-order valence-electron chi connectivity index (χ4n) is 4.47. The van der Waals surface area contributed by atoms with Gasteiger partial charge in [-0.15, -0.1) is 0 Å². The molecule has 2 amide bonds. The first-order chi connectivity index (χ1) is 16.1. The van der Waals surface area contributed by atoms with E-state index in [1.165, 1.54) is 4.90 Å². The molecule has 1 aliphatic rings. The number of hydrogen-bond donors (Lipinski definition) is 2. The number of carbonyl (C=O) groups is 3. The van der Waals surface area contributed by atoms with Crippen molar-refractivity contribution < 1.29 is 24.2 Å². The number of carbonyl (C=O) groups excluding carboxylic acids is 2. The fraction of sp³-hybridized carbons (Fsp3) is 0.444. The molecule has 34 heavy (non-hydrogen) atoms. The van der Waals surface area contributed by atoms with Gasteiger partial charge in [-0.1, -0.05) is 76.2 Å². The van der Waals surface area contributed by atoms with E-state index in [4.69, 9.17) is 4.74 Å². The number of ether oxygens (including phenoxy) is 1. The van der Waals surface area contributed by atoms with Crippen LogP contribution in [-0.2, 0) is 14.3 Å². The van der Waals surface area contributed by atoms with Gasteiger partial charge in [0.1, 0.15) is 13.2 Å². The van der Waals surface area contributed by atoms with E-state index in [1.807, 2.05) is 52.0 Å². The van der Waals surface area contributed by atoms with Crippen molar-refractivity contribution in [1.29, 1.82) is 0 Å². The zero-order chi connectivity index (χ0) is 24.9. The highest BCUT2D eigenvalue weighted by Crippen LogP contribution is 2.44. The molecule has 1 atom stereocenters. The summed E-state index contributed by atoms with van der Waals surface area (Å²) >= 11 is 0. The lowest BCUT2D eigenvalue weighted by Gasteiger charge is -2.31. The maximum atomic E-state index is 13.0. The van der Waals surface area contributed by atoms with Gasteiger partial charge >= 0.3 is 12.1 Å². The molecule has 0 spiro atoms. The summed E-state index contributed by atoms with van der Waals surface area (Å²) in [5, 5.41) is 11.9. The monoisotopic (exact) mass is 466 g/mol. The van der Waals surface area contributed by atoms with E-state index in [0.29, 0.717) is 13.0 Å². The van der Waals surface area contributed by atoms with Crippen LogP contribution in [0.3, 0.4) is 0 Å². The summed E-state index contributed by atoms with van der Waals surface area (Å²) in [5.41, 5.74) is 4.32.